The van der Waals surface area contributed by atoms with Crippen LogP contribution in [0.5, 0.6) is 0 Å². The van der Waals surface area contributed by atoms with Crippen LogP contribution >= 0.6 is 0 Å². The molecule has 10 heteroatoms. The maximum absolute atomic E-state index is 13.7. The van der Waals surface area contributed by atoms with Crippen LogP contribution in [0.3, 0.4) is 0 Å². The summed E-state index contributed by atoms with van der Waals surface area (Å²) < 4.78 is 7.98. The molecule has 0 radical (unpaired) electrons. The molecule has 0 saturated heterocycles. The number of rotatable bonds is 10. The van der Waals surface area contributed by atoms with Gasteiger partial charge < -0.3 is 0 Å². The zero-order valence-corrected chi connectivity index (χ0v) is 26.1. The van der Waals surface area contributed by atoms with E-state index in [1.54, 1.807) is 24.3 Å². The topological polar surface area (TPSA) is 92.4 Å². The van der Waals surface area contributed by atoms with Crippen molar-refractivity contribution in [1.82, 2.24) is 18.9 Å². The summed E-state index contributed by atoms with van der Waals surface area (Å²) in [7, 11) is 0. The largest absolute Gasteiger partial charge is 0.270 e. The number of nitrogens with zero attached hydrogens (tertiary/aromatic N) is 6. The third kappa shape index (κ3) is 5.17. The van der Waals surface area contributed by atoms with Crippen molar-refractivity contribution in [3.63, 3.8) is 0 Å². The Bertz CT molecular complexity index is 2010. The summed E-state index contributed by atoms with van der Waals surface area (Å²) in [5.74, 6) is -1.72. The third-order valence-electron chi connectivity index (χ3n) is 9.13. The average Bonchev–Trinajstić information content (AvgIpc) is 3.76. The van der Waals surface area contributed by atoms with Crippen molar-refractivity contribution < 1.29 is 28.3 Å². The van der Waals surface area contributed by atoms with Crippen LogP contribution in [0.2, 0.25) is 0 Å². The fourth-order valence-corrected chi connectivity index (χ4v) is 6.73. The lowest BCUT2D eigenvalue weighted by Crippen LogP contribution is -2.44. The van der Waals surface area contributed by atoms with Gasteiger partial charge in [0.15, 0.2) is 0 Å². The molecule has 0 N–H and O–H groups in total. The van der Waals surface area contributed by atoms with Crippen LogP contribution in [0.15, 0.2) is 122 Å². The summed E-state index contributed by atoms with van der Waals surface area (Å²) in [4.78, 5) is 57.4. The van der Waals surface area contributed by atoms with E-state index < -0.39 is 23.6 Å². The number of benzene rings is 4. The van der Waals surface area contributed by atoms with Gasteiger partial charge in [0.05, 0.1) is 13.1 Å². The predicted octanol–water partition coefficient (Wildman–Crippen LogP) is 3.71. The lowest BCUT2D eigenvalue weighted by Gasteiger charge is -2.31. The van der Waals surface area contributed by atoms with Crippen molar-refractivity contribution in [3.05, 3.63) is 156 Å². The number of aromatic nitrogens is 4. The molecule has 2 aliphatic rings. The molecule has 48 heavy (non-hydrogen) atoms. The quantitative estimate of drug-likeness (QED) is 0.169. The van der Waals surface area contributed by atoms with Crippen molar-refractivity contribution in [2.24, 2.45) is 0 Å². The molecule has 4 aromatic carbocycles. The highest BCUT2D eigenvalue weighted by Gasteiger charge is 2.39. The van der Waals surface area contributed by atoms with E-state index in [2.05, 4.69) is 24.3 Å². The van der Waals surface area contributed by atoms with Gasteiger partial charge in [0.1, 0.15) is 51.0 Å². The maximum atomic E-state index is 13.7. The lowest BCUT2D eigenvalue weighted by molar-refractivity contribution is -0.688. The Morgan fingerprint density at radius 3 is 1.15 bits per heavy atom. The normalized spacial score (nSPS) is 14.0. The first-order valence-electron chi connectivity index (χ1n) is 15.9. The highest BCUT2D eigenvalue weighted by molar-refractivity contribution is 6.33. The second-order valence-corrected chi connectivity index (χ2v) is 12.2. The highest BCUT2D eigenvalue weighted by atomic mass is 16.2. The van der Waals surface area contributed by atoms with Crippen LogP contribution in [-0.2, 0) is 26.2 Å². The second kappa shape index (κ2) is 11.9. The van der Waals surface area contributed by atoms with Gasteiger partial charge in [-0.1, -0.05) is 60.7 Å². The van der Waals surface area contributed by atoms with Crippen LogP contribution < -0.4 is 9.13 Å². The lowest BCUT2D eigenvalue weighted by atomic mass is 9.86. The molecule has 0 fully saturated rings. The van der Waals surface area contributed by atoms with Crippen LogP contribution in [0.4, 0.5) is 0 Å². The summed E-state index contributed by atoms with van der Waals surface area (Å²) in [6.07, 6.45) is 11.7. The van der Waals surface area contributed by atoms with E-state index >= 15 is 0 Å². The van der Waals surface area contributed by atoms with Crippen molar-refractivity contribution in [3.8, 4) is 0 Å². The van der Waals surface area contributed by atoms with E-state index in [-0.39, 0.29) is 13.1 Å². The van der Waals surface area contributed by atoms with Crippen molar-refractivity contribution in [1.29, 1.82) is 0 Å². The summed E-state index contributed by atoms with van der Waals surface area (Å²) in [5, 5.41) is 0.762. The minimum Gasteiger partial charge on any atom is -0.270 e. The van der Waals surface area contributed by atoms with Gasteiger partial charge in [0, 0.05) is 33.0 Å². The molecular weight excluding hydrogens is 604 g/mol. The van der Waals surface area contributed by atoms with E-state index in [0.717, 1.165) is 0 Å². The van der Waals surface area contributed by atoms with E-state index in [1.165, 1.54) is 20.9 Å². The number of carbonyl (C=O) groups is 4. The SMILES string of the molecule is O=C1c2ccc3c4c(ccc(c24)C(=O)N1CCn1cc[n+](Cc2ccccc2)c1)C(=O)N(CCn1cc[n+](Cc2ccccc2)c1)C3=O. The second-order valence-electron chi connectivity index (χ2n) is 12.2. The van der Waals surface area contributed by atoms with Crippen LogP contribution in [0.1, 0.15) is 52.6 Å². The Kier molecular flexibility index (Phi) is 7.25. The summed E-state index contributed by atoms with van der Waals surface area (Å²) in [6, 6.07) is 26.7. The molecule has 0 spiro atoms. The molecule has 8 rings (SSSR count). The molecular formula is C38H32N6O4+2. The molecule has 0 atom stereocenters. The first kappa shape index (κ1) is 29.3. The molecule has 0 bridgehead atoms. The first-order chi connectivity index (χ1) is 23.4. The van der Waals surface area contributed by atoms with Gasteiger partial charge >= 0.3 is 0 Å². The first-order valence-corrected chi connectivity index (χ1v) is 15.9. The molecule has 4 heterocycles. The van der Waals surface area contributed by atoms with Gasteiger partial charge in [-0.2, -0.15) is 0 Å². The highest BCUT2D eigenvalue weighted by Crippen LogP contribution is 2.37. The predicted molar refractivity (Wildman–Crippen MR) is 175 cm³/mol. The van der Waals surface area contributed by atoms with Gasteiger partial charge in [-0.3, -0.25) is 29.0 Å². The minimum atomic E-state index is -0.431. The van der Waals surface area contributed by atoms with E-state index in [0.29, 0.717) is 59.2 Å². The van der Waals surface area contributed by atoms with E-state index in [1.807, 2.05) is 92.1 Å². The zero-order chi connectivity index (χ0) is 32.8. The molecule has 10 nitrogen and oxygen atoms in total. The number of hydrogen-bond donors (Lipinski definition) is 0. The van der Waals surface area contributed by atoms with Crippen molar-refractivity contribution >= 4 is 34.4 Å². The average molecular weight is 637 g/mol. The summed E-state index contributed by atoms with van der Waals surface area (Å²) in [6.45, 7) is 2.63. The number of hydrogen-bond acceptors (Lipinski definition) is 4. The Hall–Kier alpha value is -6.16. The third-order valence-corrected chi connectivity index (χ3v) is 9.13. The van der Waals surface area contributed by atoms with Gasteiger partial charge in [-0.05, 0) is 35.4 Å². The fourth-order valence-electron chi connectivity index (χ4n) is 6.73. The standard InChI is InChI=1S/C38H32N6O4/c45-35-29-11-13-31-34-32(38(48)44(37(31)47)22-20-40-16-18-42(26-40)24-28-9-5-2-6-10-28)14-12-30(33(29)34)36(46)43(35)21-19-39-15-17-41(25-39)23-27-7-3-1-4-8-27/h1-18,25-26H,19-24H2/q+2. The summed E-state index contributed by atoms with van der Waals surface area (Å²) >= 11 is 0. The Morgan fingerprint density at radius 1 is 0.438 bits per heavy atom. The number of amides is 4. The minimum absolute atomic E-state index is 0.179. The summed E-state index contributed by atoms with van der Waals surface area (Å²) in [5.41, 5.74) is 3.63. The molecule has 2 aromatic heterocycles. The molecule has 0 saturated carbocycles. The molecule has 0 unspecified atom stereocenters. The van der Waals surface area contributed by atoms with Gasteiger partial charge in [-0.25, -0.2) is 18.3 Å². The smallest absolute Gasteiger partial charge is 0.261 e. The van der Waals surface area contributed by atoms with Crippen LogP contribution in [0, 0.1) is 0 Å². The molecule has 4 amide bonds. The molecule has 236 valence electrons. The van der Waals surface area contributed by atoms with Crippen LogP contribution in [-0.4, -0.2) is 55.7 Å². The zero-order valence-electron chi connectivity index (χ0n) is 26.1. The monoisotopic (exact) mass is 636 g/mol. The molecule has 0 aliphatic carbocycles. The van der Waals surface area contributed by atoms with Crippen molar-refractivity contribution in [2.75, 3.05) is 13.1 Å². The van der Waals surface area contributed by atoms with E-state index in [4.69, 9.17) is 0 Å². The fraction of sp³-hybridized carbons (Fsp3) is 0.158. The van der Waals surface area contributed by atoms with Gasteiger partial charge in [0.25, 0.3) is 23.6 Å². The number of imide groups is 2. The Labute approximate surface area is 276 Å². The molecule has 6 aromatic rings. The van der Waals surface area contributed by atoms with E-state index in [9.17, 15) is 19.2 Å². The van der Waals surface area contributed by atoms with Crippen LogP contribution in [0.25, 0.3) is 10.8 Å². The van der Waals surface area contributed by atoms with Gasteiger partial charge in [0.2, 0.25) is 12.7 Å². The molecule has 2 aliphatic heterocycles. The Morgan fingerprint density at radius 2 is 0.792 bits per heavy atom. The van der Waals surface area contributed by atoms with Gasteiger partial charge in [-0.15, -0.1) is 0 Å². The maximum Gasteiger partial charge on any atom is 0.261 e. The van der Waals surface area contributed by atoms with Crippen molar-refractivity contribution in [2.45, 2.75) is 26.2 Å². The number of imidazole rings is 2. The Balaban J connectivity index is 0.990. The number of carbonyl (C=O) groups excluding carboxylic acids is 4.